The summed E-state index contributed by atoms with van der Waals surface area (Å²) in [5.74, 6) is -0.939. The number of halogens is 3. The standard InChI is InChI=1S/C28H30Cl3N3O4S/c1-3-4-13-32-28(36)20(2)33(18-21-9-8-10-22(29)14-21)27(35)19-34(25-16-23(30)15-24(31)17-25)39(37,38)26-11-6-5-7-12-26/h5-12,14-17,20H,3-4,13,18-19H2,1-2H3,(H,32,36)/t20-/m0/s1. The van der Waals surface area contributed by atoms with Gasteiger partial charge >= 0.3 is 0 Å². The zero-order chi connectivity index (χ0) is 28.6. The molecule has 1 N–H and O–H groups in total. The third-order valence-corrected chi connectivity index (χ3v) is 8.44. The lowest BCUT2D eigenvalue weighted by molar-refractivity contribution is -0.139. The van der Waals surface area contributed by atoms with Crippen LogP contribution in [0, 0.1) is 0 Å². The second-order valence-electron chi connectivity index (χ2n) is 8.92. The fourth-order valence-electron chi connectivity index (χ4n) is 3.88. The summed E-state index contributed by atoms with van der Waals surface area (Å²) in [5.41, 5.74) is 0.805. The van der Waals surface area contributed by atoms with Crippen LogP contribution < -0.4 is 9.62 Å². The number of nitrogens with zero attached hydrogens (tertiary/aromatic N) is 2. The van der Waals surface area contributed by atoms with Gasteiger partial charge in [0.25, 0.3) is 10.0 Å². The van der Waals surface area contributed by atoms with E-state index in [1.807, 2.05) is 6.92 Å². The number of carbonyl (C=O) groups excluding carboxylic acids is 2. The predicted octanol–water partition coefficient (Wildman–Crippen LogP) is 6.18. The minimum Gasteiger partial charge on any atom is -0.354 e. The summed E-state index contributed by atoms with van der Waals surface area (Å²) in [4.78, 5) is 28.2. The summed E-state index contributed by atoms with van der Waals surface area (Å²) < 4.78 is 28.5. The summed E-state index contributed by atoms with van der Waals surface area (Å²) in [6, 6.07) is 18.1. The van der Waals surface area contributed by atoms with Crippen molar-refractivity contribution in [3.63, 3.8) is 0 Å². The number of sulfonamides is 1. The largest absolute Gasteiger partial charge is 0.354 e. The highest BCUT2D eigenvalue weighted by molar-refractivity contribution is 7.92. The minimum absolute atomic E-state index is 0.0133. The van der Waals surface area contributed by atoms with Crippen molar-refractivity contribution in [1.29, 1.82) is 0 Å². The number of carbonyl (C=O) groups is 2. The molecule has 0 aliphatic carbocycles. The number of hydrogen-bond donors (Lipinski definition) is 1. The average Bonchev–Trinajstić information content (AvgIpc) is 2.89. The SMILES string of the molecule is CCCCNC(=O)[C@H](C)N(Cc1cccc(Cl)c1)C(=O)CN(c1cc(Cl)cc(Cl)c1)S(=O)(=O)c1ccccc1. The molecule has 0 unspecified atom stereocenters. The summed E-state index contributed by atoms with van der Waals surface area (Å²) in [6.07, 6.45) is 1.69. The Morgan fingerprint density at radius 2 is 1.56 bits per heavy atom. The van der Waals surface area contributed by atoms with Crippen LogP contribution in [0.4, 0.5) is 5.69 Å². The van der Waals surface area contributed by atoms with Gasteiger partial charge in [-0.3, -0.25) is 13.9 Å². The molecule has 3 rings (SSSR count). The first kappa shape index (κ1) is 30.8. The number of anilines is 1. The van der Waals surface area contributed by atoms with Crippen LogP contribution in [0.2, 0.25) is 15.1 Å². The number of hydrogen-bond acceptors (Lipinski definition) is 4. The van der Waals surface area contributed by atoms with Crippen molar-refractivity contribution in [2.24, 2.45) is 0 Å². The van der Waals surface area contributed by atoms with E-state index in [0.29, 0.717) is 17.1 Å². The van der Waals surface area contributed by atoms with E-state index in [2.05, 4.69) is 5.32 Å². The maximum Gasteiger partial charge on any atom is 0.264 e. The molecule has 7 nitrogen and oxygen atoms in total. The average molecular weight is 611 g/mol. The molecular weight excluding hydrogens is 581 g/mol. The highest BCUT2D eigenvalue weighted by Gasteiger charge is 2.32. The smallest absolute Gasteiger partial charge is 0.264 e. The van der Waals surface area contributed by atoms with Crippen molar-refractivity contribution in [2.75, 3.05) is 17.4 Å². The highest BCUT2D eigenvalue weighted by atomic mass is 35.5. The van der Waals surface area contributed by atoms with E-state index >= 15 is 0 Å². The molecule has 0 aliphatic rings. The van der Waals surface area contributed by atoms with Gasteiger partial charge in [-0.2, -0.15) is 0 Å². The van der Waals surface area contributed by atoms with Crippen molar-refractivity contribution in [3.05, 3.63) is 93.4 Å². The monoisotopic (exact) mass is 609 g/mol. The van der Waals surface area contributed by atoms with Crippen molar-refractivity contribution in [2.45, 2.75) is 44.2 Å². The normalized spacial score (nSPS) is 12.0. The van der Waals surface area contributed by atoms with Gasteiger partial charge in [-0.1, -0.05) is 78.5 Å². The predicted molar refractivity (Wildman–Crippen MR) is 157 cm³/mol. The van der Waals surface area contributed by atoms with E-state index in [1.54, 1.807) is 49.4 Å². The molecule has 0 spiro atoms. The molecule has 1 atom stereocenters. The topological polar surface area (TPSA) is 86.8 Å². The van der Waals surface area contributed by atoms with Crippen LogP contribution >= 0.6 is 34.8 Å². The van der Waals surface area contributed by atoms with E-state index in [-0.39, 0.29) is 33.1 Å². The number of benzene rings is 3. The first-order valence-electron chi connectivity index (χ1n) is 12.4. The van der Waals surface area contributed by atoms with Crippen molar-refractivity contribution >= 4 is 62.3 Å². The van der Waals surface area contributed by atoms with E-state index in [0.717, 1.165) is 17.1 Å². The summed E-state index contributed by atoms with van der Waals surface area (Å²) in [5, 5.41) is 3.73. The molecule has 2 amide bonds. The van der Waals surface area contributed by atoms with Gasteiger partial charge in [-0.25, -0.2) is 8.42 Å². The van der Waals surface area contributed by atoms with Crippen LogP contribution in [0.15, 0.2) is 77.7 Å². The van der Waals surface area contributed by atoms with Crippen molar-refractivity contribution in [1.82, 2.24) is 10.2 Å². The second kappa shape index (κ2) is 14.0. The van der Waals surface area contributed by atoms with Gasteiger partial charge in [0.2, 0.25) is 11.8 Å². The minimum atomic E-state index is -4.21. The molecule has 0 fully saturated rings. The van der Waals surface area contributed by atoms with E-state index in [1.165, 1.54) is 35.2 Å². The van der Waals surface area contributed by atoms with Crippen molar-refractivity contribution in [3.8, 4) is 0 Å². The van der Waals surface area contributed by atoms with Crippen molar-refractivity contribution < 1.29 is 18.0 Å². The first-order chi connectivity index (χ1) is 18.5. The molecule has 0 aliphatic heterocycles. The molecule has 3 aromatic rings. The fraction of sp³-hybridized carbons (Fsp3) is 0.286. The van der Waals surface area contributed by atoms with Gasteiger partial charge in [0.1, 0.15) is 12.6 Å². The molecule has 0 saturated carbocycles. The van der Waals surface area contributed by atoms with E-state index in [4.69, 9.17) is 34.8 Å². The Hall–Kier alpha value is -2.78. The molecule has 0 heterocycles. The van der Waals surface area contributed by atoms with Crippen LogP contribution in [-0.2, 0) is 26.2 Å². The summed E-state index contributed by atoms with van der Waals surface area (Å²) >= 11 is 18.6. The molecule has 0 saturated heterocycles. The van der Waals surface area contributed by atoms with Crippen LogP contribution in [0.3, 0.4) is 0 Å². The van der Waals surface area contributed by atoms with E-state index < -0.39 is 28.5 Å². The Bertz CT molecular complexity index is 1380. The van der Waals surface area contributed by atoms with Gasteiger partial charge < -0.3 is 10.2 Å². The van der Waals surface area contributed by atoms with Crippen LogP contribution in [0.5, 0.6) is 0 Å². The Morgan fingerprint density at radius 1 is 0.897 bits per heavy atom. The zero-order valence-electron chi connectivity index (χ0n) is 21.6. The van der Waals surface area contributed by atoms with Gasteiger partial charge in [0, 0.05) is 28.2 Å². The Kier molecular flexibility index (Phi) is 11.1. The lowest BCUT2D eigenvalue weighted by atomic mass is 10.1. The fourth-order valence-corrected chi connectivity index (χ4v) is 6.03. The maximum absolute atomic E-state index is 13.9. The lowest BCUT2D eigenvalue weighted by Gasteiger charge is -2.32. The van der Waals surface area contributed by atoms with Gasteiger partial charge in [0.05, 0.1) is 10.6 Å². The zero-order valence-corrected chi connectivity index (χ0v) is 24.7. The van der Waals surface area contributed by atoms with Gasteiger partial charge in [-0.15, -0.1) is 0 Å². The van der Waals surface area contributed by atoms with Crippen LogP contribution in [0.1, 0.15) is 32.3 Å². The Labute approximate surface area is 244 Å². The molecular formula is C28H30Cl3N3O4S. The number of nitrogens with one attached hydrogen (secondary N) is 1. The van der Waals surface area contributed by atoms with Gasteiger partial charge in [0.15, 0.2) is 0 Å². The summed E-state index contributed by atoms with van der Waals surface area (Å²) in [6.45, 7) is 3.52. The Morgan fingerprint density at radius 3 is 2.18 bits per heavy atom. The molecule has 0 bridgehead atoms. The maximum atomic E-state index is 13.9. The molecule has 11 heteroatoms. The molecule has 39 heavy (non-hydrogen) atoms. The van der Waals surface area contributed by atoms with Gasteiger partial charge in [-0.05, 0) is 61.4 Å². The van der Waals surface area contributed by atoms with Crippen LogP contribution in [-0.4, -0.2) is 44.3 Å². The third kappa shape index (κ3) is 8.35. The highest BCUT2D eigenvalue weighted by Crippen LogP contribution is 2.30. The van der Waals surface area contributed by atoms with Crippen LogP contribution in [0.25, 0.3) is 0 Å². The second-order valence-corrected chi connectivity index (χ2v) is 12.1. The number of unbranched alkanes of at least 4 members (excludes halogenated alkanes) is 1. The molecule has 0 aromatic heterocycles. The number of rotatable bonds is 12. The lowest BCUT2D eigenvalue weighted by Crippen LogP contribution is -2.51. The number of amides is 2. The Balaban J connectivity index is 2.02. The summed E-state index contributed by atoms with van der Waals surface area (Å²) in [7, 11) is -4.21. The third-order valence-electron chi connectivity index (χ3n) is 5.98. The molecule has 0 radical (unpaired) electrons. The molecule has 3 aromatic carbocycles. The van der Waals surface area contributed by atoms with E-state index in [9.17, 15) is 18.0 Å². The molecule has 208 valence electrons. The quantitative estimate of drug-likeness (QED) is 0.248. The first-order valence-corrected chi connectivity index (χ1v) is 15.0.